The van der Waals surface area contributed by atoms with Crippen molar-refractivity contribution in [1.82, 2.24) is 20.4 Å². The maximum Gasteiger partial charge on any atom is 0.227 e. The van der Waals surface area contributed by atoms with Crippen LogP contribution in [0.1, 0.15) is 36.7 Å². The third-order valence-corrected chi connectivity index (χ3v) is 6.02. The molecule has 1 N–H and O–H groups in total. The molecule has 4 rings (SSSR count). The molecule has 1 aliphatic heterocycles. The molecule has 1 saturated heterocycles. The van der Waals surface area contributed by atoms with Gasteiger partial charge in [-0.2, -0.15) is 0 Å². The van der Waals surface area contributed by atoms with E-state index in [1.54, 1.807) is 6.20 Å². The minimum atomic E-state index is -0.527. The van der Waals surface area contributed by atoms with Gasteiger partial charge in [-0.25, -0.2) is 0 Å². The molecule has 0 bridgehead atoms. The second-order valence-electron chi connectivity index (χ2n) is 8.54. The summed E-state index contributed by atoms with van der Waals surface area (Å²) in [5.74, 6) is 0.851. The van der Waals surface area contributed by atoms with E-state index < -0.39 is 5.41 Å². The summed E-state index contributed by atoms with van der Waals surface area (Å²) < 4.78 is 5.70. The molecule has 0 aliphatic carbocycles. The average molecular weight is 419 g/mol. The topological polar surface area (TPSA) is 71.3 Å². The molecule has 0 spiro atoms. The van der Waals surface area contributed by atoms with Crippen molar-refractivity contribution in [1.29, 1.82) is 0 Å². The number of benzene rings is 1. The van der Waals surface area contributed by atoms with Crippen LogP contribution < -0.4 is 5.32 Å². The largest absolute Gasteiger partial charge is 0.361 e. The van der Waals surface area contributed by atoms with Crippen molar-refractivity contribution in [2.75, 3.05) is 19.6 Å². The number of aryl methyl sites for hydroxylation is 1. The molecule has 2 aromatic heterocycles. The number of nitrogens with zero attached hydrogens (tertiary/aromatic N) is 3. The van der Waals surface area contributed by atoms with Crippen LogP contribution in [0.4, 0.5) is 0 Å². The fourth-order valence-electron chi connectivity index (χ4n) is 4.46. The number of rotatable bonds is 7. The van der Waals surface area contributed by atoms with Gasteiger partial charge < -0.3 is 9.84 Å². The van der Waals surface area contributed by atoms with E-state index in [0.29, 0.717) is 19.5 Å². The van der Waals surface area contributed by atoms with Gasteiger partial charge in [0, 0.05) is 50.1 Å². The Bertz CT molecular complexity index is 1000. The van der Waals surface area contributed by atoms with Crippen LogP contribution in [-0.4, -0.2) is 40.6 Å². The molecule has 6 heteroatoms. The summed E-state index contributed by atoms with van der Waals surface area (Å²) in [6.45, 7) is 7.10. The summed E-state index contributed by atoms with van der Waals surface area (Å²) >= 11 is 0. The lowest BCUT2D eigenvalue weighted by atomic mass is 9.75. The van der Waals surface area contributed by atoms with Crippen LogP contribution in [0.3, 0.4) is 0 Å². The maximum atomic E-state index is 13.2. The lowest BCUT2D eigenvalue weighted by Gasteiger charge is -2.41. The molecular weight excluding hydrogens is 388 g/mol. The van der Waals surface area contributed by atoms with Crippen molar-refractivity contribution >= 4 is 5.91 Å². The molecule has 1 atom stereocenters. The van der Waals surface area contributed by atoms with E-state index >= 15 is 0 Å². The summed E-state index contributed by atoms with van der Waals surface area (Å²) in [5, 5.41) is 7.34. The molecule has 1 aliphatic rings. The lowest BCUT2D eigenvalue weighted by molar-refractivity contribution is -0.134. The van der Waals surface area contributed by atoms with Gasteiger partial charge in [-0.1, -0.05) is 41.1 Å². The number of hydrogen-bond donors (Lipinski definition) is 1. The Balaban J connectivity index is 1.55. The normalized spacial score (nSPS) is 19.3. The molecule has 6 nitrogen and oxygen atoms in total. The van der Waals surface area contributed by atoms with Gasteiger partial charge in [0.2, 0.25) is 5.91 Å². The first-order valence-corrected chi connectivity index (χ1v) is 11.0. The third kappa shape index (κ3) is 5.02. The Morgan fingerprint density at radius 3 is 2.84 bits per heavy atom. The minimum Gasteiger partial charge on any atom is -0.361 e. The standard InChI is InChI=1S/C25H30N4O2/c1-3-27-24(30)25(11-5-13-29(18-25)17-20-6-4-12-26-16-20)15-22-14-23(28-31-22)21-9-7-19(2)8-10-21/h4,6-10,12,14,16H,3,5,11,13,15,17-18H2,1-2H3,(H,27,30). The van der Waals surface area contributed by atoms with Gasteiger partial charge in [0.25, 0.3) is 0 Å². The van der Waals surface area contributed by atoms with E-state index in [9.17, 15) is 4.79 Å². The van der Waals surface area contributed by atoms with Crippen molar-refractivity contribution < 1.29 is 9.32 Å². The SMILES string of the molecule is CCNC(=O)C1(Cc2cc(-c3ccc(C)cc3)no2)CCCN(Cc2cccnc2)C1. The van der Waals surface area contributed by atoms with Crippen LogP contribution in [0.25, 0.3) is 11.3 Å². The summed E-state index contributed by atoms with van der Waals surface area (Å²) in [6.07, 6.45) is 6.03. The Morgan fingerprint density at radius 1 is 1.26 bits per heavy atom. The van der Waals surface area contributed by atoms with E-state index in [4.69, 9.17) is 4.52 Å². The monoisotopic (exact) mass is 418 g/mol. The van der Waals surface area contributed by atoms with Crippen LogP contribution in [0.5, 0.6) is 0 Å². The zero-order valence-corrected chi connectivity index (χ0v) is 18.3. The number of piperidine rings is 1. The molecule has 3 heterocycles. The van der Waals surface area contributed by atoms with Crippen LogP contribution in [0, 0.1) is 12.3 Å². The van der Waals surface area contributed by atoms with E-state index in [0.717, 1.165) is 48.5 Å². The van der Waals surface area contributed by atoms with Gasteiger partial charge in [-0.05, 0) is 44.9 Å². The quantitative estimate of drug-likeness (QED) is 0.628. The second kappa shape index (κ2) is 9.43. The van der Waals surface area contributed by atoms with E-state index in [1.807, 2.05) is 37.4 Å². The van der Waals surface area contributed by atoms with Crippen molar-refractivity contribution in [3.05, 3.63) is 71.7 Å². The molecular formula is C25H30N4O2. The smallest absolute Gasteiger partial charge is 0.227 e. The van der Waals surface area contributed by atoms with Crippen molar-refractivity contribution in [3.63, 3.8) is 0 Å². The highest BCUT2D eigenvalue weighted by Crippen LogP contribution is 2.36. The molecule has 1 amide bonds. The van der Waals surface area contributed by atoms with Gasteiger partial charge in [-0.3, -0.25) is 14.7 Å². The van der Waals surface area contributed by atoms with Crippen LogP contribution in [0.15, 0.2) is 59.4 Å². The van der Waals surface area contributed by atoms with Crippen LogP contribution >= 0.6 is 0 Å². The number of likely N-dealkylation sites (tertiary alicyclic amines) is 1. The maximum absolute atomic E-state index is 13.2. The first-order chi connectivity index (χ1) is 15.1. The summed E-state index contributed by atoms with van der Waals surface area (Å²) in [6, 6.07) is 14.2. The first-order valence-electron chi connectivity index (χ1n) is 11.0. The molecule has 162 valence electrons. The zero-order chi connectivity index (χ0) is 21.7. The highest BCUT2D eigenvalue weighted by atomic mass is 16.5. The molecule has 1 unspecified atom stereocenters. The number of amides is 1. The van der Waals surface area contributed by atoms with Crippen molar-refractivity contribution in [2.24, 2.45) is 5.41 Å². The van der Waals surface area contributed by atoms with Gasteiger partial charge in [0.1, 0.15) is 11.5 Å². The predicted molar refractivity (Wildman–Crippen MR) is 120 cm³/mol. The van der Waals surface area contributed by atoms with E-state index in [1.165, 1.54) is 5.56 Å². The second-order valence-corrected chi connectivity index (χ2v) is 8.54. The van der Waals surface area contributed by atoms with Crippen molar-refractivity contribution in [2.45, 2.75) is 39.7 Å². The number of carbonyl (C=O) groups is 1. The Labute approximate surface area is 183 Å². The molecule has 1 fully saturated rings. The Morgan fingerprint density at radius 2 is 2.10 bits per heavy atom. The lowest BCUT2D eigenvalue weighted by Crippen LogP contribution is -2.52. The fourth-order valence-corrected chi connectivity index (χ4v) is 4.46. The van der Waals surface area contributed by atoms with Crippen LogP contribution in [-0.2, 0) is 17.8 Å². The highest BCUT2D eigenvalue weighted by molar-refractivity contribution is 5.83. The van der Waals surface area contributed by atoms with Gasteiger partial charge >= 0.3 is 0 Å². The summed E-state index contributed by atoms with van der Waals surface area (Å²) in [5.41, 5.74) is 3.67. The van der Waals surface area contributed by atoms with Crippen LogP contribution in [0.2, 0.25) is 0 Å². The van der Waals surface area contributed by atoms with E-state index in [-0.39, 0.29) is 5.91 Å². The first kappa shape index (κ1) is 21.2. The third-order valence-electron chi connectivity index (χ3n) is 6.02. The molecule has 3 aromatic rings. The Hall–Kier alpha value is -2.99. The number of pyridine rings is 1. The molecule has 1 aromatic carbocycles. The number of carbonyl (C=O) groups excluding carboxylic acids is 1. The Kier molecular flexibility index (Phi) is 6.47. The van der Waals surface area contributed by atoms with Crippen molar-refractivity contribution in [3.8, 4) is 11.3 Å². The molecule has 31 heavy (non-hydrogen) atoms. The number of hydrogen-bond acceptors (Lipinski definition) is 5. The summed E-state index contributed by atoms with van der Waals surface area (Å²) in [7, 11) is 0. The number of aromatic nitrogens is 2. The average Bonchev–Trinajstić information content (AvgIpc) is 3.23. The number of nitrogens with one attached hydrogen (secondary N) is 1. The zero-order valence-electron chi connectivity index (χ0n) is 18.3. The summed E-state index contributed by atoms with van der Waals surface area (Å²) in [4.78, 5) is 19.8. The predicted octanol–water partition coefficient (Wildman–Crippen LogP) is 4.01. The molecule has 0 radical (unpaired) electrons. The molecule has 0 saturated carbocycles. The van der Waals surface area contributed by atoms with Gasteiger partial charge in [-0.15, -0.1) is 0 Å². The van der Waals surface area contributed by atoms with Gasteiger partial charge in [0.05, 0.1) is 5.41 Å². The van der Waals surface area contributed by atoms with Gasteiger partial charge in [0.15, 0.2) is 0 Å². The highest BCUT2D eigenvalue weighted by Gasteiger charge is 2.43. The fraction of sp³-hybridized carbons (Fsp3) is 0.400. The minimum absolute atomic E-state index is 0.0965. The van der Waals surface area contributed by atoms with E-state index in [2.05, 4.69) is 45.5 Å².